The van der Waals surface area contributed by atoms with Gasteiger partial charge in [0.15, 0.2) is 5.17 Å². The lowest BCUT2D eigenvalue weighted by atomic mass is 10.2. The van der Waals surface area contributed by atoms with Gasteiger partial charge in [-0.05, 0) is 30.5 Å². The second-order valence-corrected chi connectivity index (χ2v) is 7.87. The highest BCUT2D eigenvalue weighted by atomic mass is 32.2. The van der Waals surface area contributed by atoms with Crippen LogP contribution < -0.4 is 0 Å². The maximum Gasteiger partial charge on any atom is 0.284 e. The topological polar surface area (TPSA) is 66.8 Å². The van der Waals surface area contributed by atoms with Crippen molar-refractivity contribution in [3.63, 3.8) is 0 Å². The summed E-state index contributed by atoms with van der Waals surface area (Å²) in [7, 11) is -3.84. The van der Waals surface area contributed by atoms with Crippen molar-refractivity contribution in [3.05, 3.63) is 42.5 Å². The molecule has 0 saturated carbocycles. The first-order valence-corrected chi connectivity index (χ1v) is 9.77. The van der Waals surface area contributed by atoms with E-state index in [0.717, 1.165) is 12.0 Å². The van der Waals surface area contributed by atoms with Gasteiger partial charge in [-0.3, -0.25) is 9.69 Å². The first-order chi connectivity index (χ1) is 10.9. The Morgan fingerprint density at radius 3 is 2.48 bits per heavy atom. The molecule has 1 heterocycles. The summed E-state index contributed by atoms with van der Waals surface area (Å²) in [6.45, 7) is 7.76. The number of thioether (sulfide) groups is 1. The number of carbonyl (C=O) groups excluding carboxylic acids is 1. The minimum atomic E-state index is -3.84. The van der Waals surface area contributed by atoms with Crippen LogP contribution in [0.5, 0.6) is 0 Å². The molecule has 5 nitrogen and oxygen atoms in total. The van der Waals surface area contributed by atoms with Crippen molar-refractivity contribution in [2.45, 2.75) is 36.8 Å². The normalized spacial score (nSPS) is 20.3. The molecule has 124 valence electrons. The number of sulfonamides is 1. The summed E-state index contributed by atoms with van der Waals surface area (Å²) in [5.74, 6) is -0.118. The molecule has 1 atom stereocenters. The number of carbonyl (C=O) groups is 1. The lowest BCUT2D eigenvalue weighted by Crippen LogP contribution is -2.32. The van der Waals surface area contributed by atoms with E-state index in [1.807, 2.05) is 13.8 Å². The zero-order valence-corrected chi connectivity index (χ0v) is 14.9. The van der Waals surface area contributed by atoms with Gasteiger partial charge in [-0.25, -0.2) is 0 Å². The fraction of sp³-hybridized carbons (Fsp3) is 0.375. The van der Waals surface area contributed by atoms with E-state index >= 15 is 0 Å². The second-order valence-electron chi connectivity index (χ2n) is 5.10. The molecule has 0 N–H and O–H groups in total. The minimum absolute atomic E-state index is 0.118. The molecule has 1 aliphatic rings. The van der Waals surface area contributed by atoms with Crippen molar-refractivity contribution in [2.24, 2.45) is 4.40 Å². The zero-order chi connectivity index (χ0) is 17.0. The van der Waals surface area contributed by atoms with Gasteiger partial charge in [-0.15, -0.1) is 11.0 Å². The van der Waals surface area contributed by atoms with E-state index in [1.165, 1.54) is 16.7 Å². The number of aryl methyl sites for hydroxylation is 1. The summed E-state index contributed by atoms with van der Waals surface area (Å²) in [5, 5.41) is -0.0623. The van der Waals surface area contributed by atoms with Crippen molar-refractivity contribution < 1.29 is 13.2 Å². The Bertz CT molecular complexity index is 724. The van der Waals surface area contributed by atoms with Crippen LogP contribution in [0.2, 0.25) is 0 Å². The summed E-state index contributed by atoms with van der Waals surface area (Å²) in [6.07, 6.45) is 3.03. The van der Waals surface area contributed by atoms with Crippen LogP contribution in [0.25, 0.3) is 0 Å². The number of hydrogen-bond donors (Lipinski definition) is 0. The van der Waals surface area contributed by atoms with Gasteiger partial charge < -0.3 is 0 Å². The second kappa shape index (κ2) is 7.31. The van der Waals surface area contributed by atoms with E-state index in [9.17, 15) is 13.2 Å². The van der Waals surface area contributed by atoms with E-state index in [2.05, 4.69) is 11.0 Å². The third-order valence-electron chi connectivity index (χ3n) is 3.53. The van der Waals surface area contributed by atoms with Gasteiger partial charge in [-0.2, -0.15) is 8.42 Å². The molecule has 1 aliphatic heterocycles. The number of amides is 1. The Hall–Kier alpha value is -1.60. The molecule has 1 amide bonds. The Morgan fingerprint density at radius 2 is 1.96 bits per heavy atom. The van der Waals surface area contributed by atoms with Crippen LogP contribution in [0.1, 0.15) is 25.8 Å². The van der Waals surface area contributed by atoms with E-state index in [0.29, 0.717) is 6.42 Å². The third-order valence-corrected chi connectivity index (χ3v) is 6.27. The van der Waals surface area contributed by atoms with E-state index in [1.54, 1.807) is 30.3 Å². The predicted octanol–water partition coefficient (Wildman–Crippen LogP) is 2.83. The minimum Gasteiger partial charge on any atom is -0.286 e. The fourth-order valence-corrected chi connectivity index (χ4v) is 4.48. The average molecular weight is 352 g/mol. The fourth-order valence-electron chi connectivity index (χ4n) is 2.19. The van der Waals surface area contributed by atoms with Crippen LogP contribution in [-0.4, -0.2) is 36.2 Å². The molecule has 0 aliphatic carbocycles. The number of rotatable bonds is 6. The van der Waals surface area contributed by atoms with E-state index in [4.69, 9.17) is 0 Å². The summed E-state index contributed by atoms with van der Waals surface area (Å²) >= 11 is 1.20. The Labute approximate surface area is 141 Å². The first-order valence-electron chi connectivity index (χ1n) is 7.45. The van der Waals surface area contributed by atoms with Gasteiger partial charge in [-0.1, -0.05) is 43.8 Å². The highest BCUT2D eigenvalue weighted by Gasteiger charge is 2.37. The van der Waals surface area contributed by atoms with Crippen LogP contribution >= 0.6 is 11.8 Å². The zero-order valence-electron chi connectivity index (χ0n) is 13.2. The van der Waals surface area contributed by atoms with Gasteiger partial charge in [0.1, 0.15) is 0 Å². The molecule has 1 aromatic rings. The van der Waals surface area contributed by atoms with Crippen LogP contribution in [0.4, 0.5) is 0 Å². The molecular weight excluding hydrogens is 332 g/mol. The number of benzene rings is 1. The maximum atomic E-state index is 12.5. The van der Waals surface area contributed by atoms with Crippen molar-refractivity contribution in [1.29, 1.82) is 0 Å². The number of hydrogen-bond acceptors (Lipinski definition) is 4. The molecule has 1 aromatic carbocycles. The molecule has 0 bridgehead atoms. The Morgan fingerprint density at radius 1 is 1.30 bits per heavy atom. The van der Waals surface area contributed by atoms with Crippen LogP contribution in [0.3, 0.4) is 0 Å². The van der Waals surface area contributed by atoms with E-state index < -0.39 is 10.0 Å². The van der Waals surface area contributed by atoms with Crippen molar-refractivity contribution in [3.8, 4) is 0 Å². The highest BCUT2D eigenvalue weighted by Crippen LogP contribution is 2.30. The summed E-state index contributed by atoms with van der Waals surface area (Å²) in [5.41, 5.74) is 1.06. The van der Waals surface area contributed by atoms with Gasteiger partial charge in [0.05, 0.1) is 10.1 Å². The van der Waals surface area contributed by atoms with Crippen molar-refractivity contribution in [2.75, 3.05) is 6.54 Å². The molecule has 0 aromatic heterocycles. The lowest BCUT2D eigenvalue weighted by molar-refractivity contribution is -0.125. The lowest BCUT2D eigenvalue weighted by Gasteiger charge is -2.13. The summed E-state index contributed by atoms with van der Waals surface area (Å²) in [6, 6.07) is 6.65. The van der Waals surface area contributed by atoms with Crippen molar-refractivity contribution in [1.82, 2.24) is 4.90 Å². The third kappa shape index (κ3) is 3.84. The summed E-state index contributed by atoms with van der Waals surface area (Å²) in [4.78, 5) is 13.7. The molecule has 1 fully saturated rings. The average Bonchev–Trinajstić information content (AvgIpc) is 2.83. The van der Waals surface area contributed by atoms with Crippen LogP contribution in [-0.2, 0) is 21.2 Å². The van der Waals surface area contributed by atoms with Crippen molar-refractivity contribution >= 4 is 32.9 Å². The van der Waals surface area contributed by atoms with Gasteiger partial charge >= 0.3 is 0 Å². The maximum absolute atomic E-state index is 12.5. The van der Waals surface area contributed by atoms with Gasteiger partial charge in [0, 0.05) is 6.54 Å². The molecule has 0 radical (unpaired) electrons. The number of amidine groups is 1. The van der Waals surface area contributed by atoms with Crippen LogP contribution in [0.15, 0.2) is 46.2 Å². The molecule has 2 rings (SSSR count). The van der Waals surface area contributed by atoms with Gasteiger partial charge in [0.25, 0.3) is 10.0 Å². The monoisotopic (exact) mass is 352 g/mol. The quantitative estimate of drug-likeness (QED) is 0.739. The molecule has 7 heteroatoms. The molecule has 1 unspecified atom stereocenters. The summed E-state index contributed by atoms with van der Waals surface area (Å²) < 4.78 is 28.8. The van der Waals surface area contributed by atoms with Gasteiger partial charge in [0.2, 0.25) is 5.91 Å². The SMILES string of the molecule is C=CCN1C(=O)C(CC)S/C1=N/S(=O)(=O)c1ccc(CC)cc1. The standard InChI is InChI=1S/C16H20N2O3S2/c1-4-11-18-15(19)14(6-3)22-16(18)17-23(20,21)13-9-7-12(5-2)8-10-13/h4,7-10,14H,1,5-6,11H2,2-3H3/b17-16+. The van der Waals surface area contributed by atoms with E-state index in [-0.39, 0.29) is 27.8 Å². The molecule has 23 heavy (non-hydrogen) atoms. The largest absolute Gasteiger partial charge is 0.286 e. The van der Waals surface area contributed by atoms with Crippen LogP contribution in [0, 0.1) is 0 Å². The smallest absolute Gasteiger partial charge is 0.284 e. The highest BCUT2D eigenvalue weighted by molar-refractivity contribution is 8.16. The molecule has 0 spiro atoms. The molecule has 1 saturated heterocycles. The first kappa shape index (κ1) is 17.7. The Balaban J connectivity index is 2.36. The molecular formula is C16H20N2O3S2. The Kier molecular flexibility index (Phi) is 5.64. The number of nitrogens with zero attached hydrogens (tertiary/aromatic N) is 2. The predicted molar refractivity (Wildman–Crippen MR) is 94.0 cm³/mol.